The first kappa shape index (κ1) is 12.3. The Hall–Kier alpha value is -1.75. The van der Waals surface area contributed by atoms with Gasteiger partial charge in [-0.25, -0.2) is 9.37 Å². The molecule has 1 amide bonds. The fourth-order valence-electron chi connectivity index (χ4n) is 2.20. The number of nitrogens with zero attached hydrogens (tertiary/aromatic N) is 1. The van der Waals surface area contributed by atoms with Crippen LogP contribution >= 0.6 is 11.3 Å². The van der Waals surface area contributed by atoms with Crippen LogP contribution in [0.4, 0.5) is 9.52 Å². The number of halogens is 1. The number of hydrogen-bond acceptors (Lipinski definition) is 3. The zero-order valence-electron chi connectivity index (χ0n) is 10.3. The number of amides is 1. The van der Waals surface area contributed by atoms with E-state index in [2.05, 4.69) is 10.3 Å². The fraction of sp³-hybridized carbons (Fsp3) is 0.286. The molecule has 3 rings (SSSR count). The highest BCUT2D eigenvalue weighted by Crippen LogP contribution is 2.29. The predicted molar refractivity (Wildman–Crippen MR) is 73.1 cm³/mol. The maximum Gasteiger partial charge on any atom is 0.257 e. The van der Waals surface area contributed by atoms with Crippen molar-refractivity contribution in [3.63, 3.8) is 0 Å². The molecule has 3 nitrogen and oxygen atoms in total. The molecule has 1 N–H and O–H groups in total. The second kappa shape index (κ2) is 5.09. The second-order valence-electron chi connectivity index (χ2n) is 4.56. The molecule has 1 heterocycles. The predicted octanol–water partition coefficient (Wildman–Crippen LogP) is 3.41. The quantitative estimate of drug-likeness (QED) is 0.913. The summed E-state index contributed by atoms with van der Waals surface area (Å²) in [5.74, 6) is -0.725. The van der Waals surface area contributed by atoms with Crippen LogP contribution in [0.2, 0.25) is 0 Å². The van der Waals surface area contributed by atoms with E-state index in [9.17, 15) is 9.18 Å². The van der Waals surface area contributed by atoms with Gasteiger partial charge in [-0.1, -0.05) is 6.07 Å². The standard InChI is InChI=1S/C14H13FN2OS/c15-10-5-3-4-9(8-10)13(18)17-14-16-11-6-1-2-7-12(11)19-14/h3-5,8H,1-2,6-7H2,(H,16,17,18). The Bertz CT molecular complexity index is 600. The van der Waals surface area contributed by atoms with Gasteiger partial charge in [0.2, 0.25) is 0 Å². The van der Waals surface area contributed by atoms with Gasteiger partial charge >= 0.3 is 0 Å². The zero-order chi connectivity index (χ0) is 13.2. The highest BCUT2D eigenvalue weighted by Gasteiger charge is 2.16. The van der Waals surface area contributed by atoms with Crippen molar-refractivity contribution in [3.05, 3.63) is 46.2 Å². The van der Waals surface area contributed by atoms with Gasteiger partial charge in [0.1, 0.15) is 5.82 Å². The van der Waals surface area contributed by atoms with E-state index in [1.165, 1.54) is 40.8 Å². The highest BCUT2D eigenvalue weighted by atomic mass is 32.1. The number of carbonyl (C=O) groups is 1. The molecule has 19 heavy (non-hydrogen) atoms. The van der Waals surface area contributed by atoms with Crippen LogP contribution in [0.15, 0.2) is 24.3 Å². The Labute approximate surface area is 114 Å². The van der Waals surface area contributed by atoms with Crippen LogP contribution in [0.3, 0.4) is 0 Å². The van der Waals surface area contributed by atoms with E-state index in [0.29, 0.717) is 10.7 Å². The lowest BCUT2D eigenvalue weighted by Crippen LogP contribution is -2.11. The number of aryl methyl sites for hydroxylation is 2. The van der Waals surface area contributed by atoms with E-state index in [0.717, 1.165) is 25.0 Å². The van der Waals surface area contributed by atoms with Gasteiger partial charge in [-0.15, -0.1) is 11.3 Å². The topological polar surface area (TPSA) is 42.0 Å². The largest absolute Gasteiger partial charge is 0.298 e. The molecule has 0 saturated heterocycles. The maximum atomic E-state index is 13.1. The van der Waals surface area contributed by atoms with Crippen LogP contribution in [-0.4, -0.2) is 10.9 Å². The van der Waals surface area contributed by atoms with Crippen molar-refractivity contribution >= 4 is 22.4 Å². The van der Waals surface area contributed by atoms with E-state index in [4.69, 9.17) is 0 Å². The minimum Gasteiger partial charge on any atom is -0.298 e. The summed E-state index contributed by atoms with van der Waals surface area (Å²) in [5.41, 5.74) is 1.42. The number of rotatable bonds is 2. The lowest BCUT2D eigenvalue weighted by molar-refractivity contribution is 0.102. The molecule has 0 unspecified atom stereocenters. The number of thiazole rings is 1. The van der Waals surface area contributed by atoms with Crippen LogP contribution in [0.1, 0.15) is 33.8 Å². The van der Waals surface area contributed by atoms with Crippen LogP contribution in [0, 0.1) is 5.82 Å². The van der Waals surface area contributed by atoms with E-state index >= 15 is 0 Å². The summed E-state index contributed by atoms with van der Waals surface area (Å²) in [5, 5.41) is 3.36. The molecule has 1 aliphatic carbocycles. The third-order valence-electron chi connectivity index (χ3n) is 3.15. The molecule has 98 valence electrons. The van der Waals surface area contributed by atoms with Gasteiger partial charge in [-0.05, 0) is 43.9 Å². The number of hydrogen-bond donors (Lipinski definition) is 1. The third-order valence-corrected chi connectivity index (χ3v) is 4.23. The van der Waals surface area contributed by atoms with Crippen LogP contribution in [0.25, 0.3) is 0 Å². The Kier molecular flexibility index (Phi) is 3.29. The van der Waals surface area contributed by atoms with E-state index in [1.54, 1.807) is 6.07 Å². The van der Waals surface area contributed by atoms with Gasteiger partial charge in [0.25, 0.3) is 5.91 Å². The molecule has 0 atom stereocenters. The minimum atomic E-state index is -0.411. The Balaban J connectivity index is 1.77. The first-order valence-corrected chi connectivity index (χ1v) is 7.09. The number of anilines is 1. The van der Waals surface area contributed by atoms with Crippen LogP contribution < -0.4 is 5.32 Å². The maximum absolute atomic E-state index is 13.1. The Morgan fingerprint density at radius 2 is 2.16 bits per heavy atom. The van der Waals surface area contributed by atoms with E-state index in [-0.39, 0.29) is 5.91 Å². The number of aromatic nitrogens is 1. The van der Waals surface area contributed by atoms with Gasteiger partial charge < -0.3 is 0 Å². The average Bonchev–Trinajstić information content (AvgIpc) is 2.80. The molecule has 1 aliphatic rings. The molecule has 0 bridgehead atoms. The van der Waals surface area contributed by atoms with Crippen molar-refractivity contribution in [1.82, 2.24) is 4.98 Å². The average molecular weight is 276 g/mol. The molecule has 2 aromatic rings. The Morgan fingerprint density at radius 1 is 1.32 bits per heavy atom. The summed E-state index contributed by atoms with van der Waals surface area (Å²) < 4.78 is 13.1. The van der Waals surface area contributed by atoms with Gasteiger partial charge in [-0.3, -0.25) is 10.1 Å². The normalized spacial score (nSPS) is 13.9. The monoisotopic (exact) mass is 276 g/mol. The summed E-state index contributed by atoms with van der Waals surface area (Å²) in [6, 6.07) is 5.66. The first-order valence-electron chi connectivity index (χ1n) is 6.28. The molecular formula is C14H13FN2OS. The van der Waals surface area contributed by atoms with Gasteiger partial charge in [-0.2, -0.15) is 0 Å². The number of benzene rings is 1. The number of nitrogens with one attached hydrogen (secondary N) is 1. The van der Waals surface area contributed by atoms with Crippen molar-refractivity contribution in [2.45, 2.75) is 25.7 Å². The number of carbonyl (C=O) groups excluding carboxylic acids is 1. The molecule has 5 heteroatoms. The lowest BCUT2D eigenvalue weighted by atomic mass is 10.0. The second-order valence-corrected chi connectivity index (χ2v) is 5.64. The van der Waals surface area contributed by atoms with Crippen molar-refractivity contribution in [2.24, 2.45) is 0 Å². The van der Waals surface area contributed by atoms with Crippen LogP contribution in [0.5, 0.6) is 0 Å². The molecule has 0 saturated carbocycles. The third kappa shape index (κ3) is 2.66. The molecule has 0 fully saturated rings. The fourth-order valence-corrected chi connectivity index (χ4v) is 3.25. The lowest BCUT2D eigenvalue weighted by Gasteiger charge is -2.06. The number of fused-ring (bicyclic) bond motifs is 1. The first-order chi connectivity index (χ1) is 9.22. The van der Waals surface area contributed by atoms with Crippen molar-refractivity contribution in [1.29, 1.82) is 0 Å². The summed E-state index contributed by atoms with van der Waals surface area (Å²) in [4.78, 5) is 17.7. The van der Waals surface area contributed by atoms with Crippen molar-refractivity contribution in [2.75, 3.05) is 5.32 Å². The van der Waals surface area contributed by atoms with Gasteiger partial charge in [0, 0.05) is 10.4 Å². The molecule has 1 aromatic carbocycles. The Morgan fingerprint density at radius 3 is 2.95 bits per heavy atom. The molecule has 0 spiro atoms. The van der Waals surface area contributed by atoms with Crippen molar-refractivity contribution < 1.29 is 9.18 Å². The molecule has 0 radical (unpaired) electrons. The molecular weight excluding hydrogens is 263 g/mol. The SMILES string of the molecule is O=C(Nc1nc2c(s1)CCCC2)c1cccc(F)c1. The minimum absolute atomic E-state index is 0.313. The van der Waals surface area contributed by atoms with Crippen LogP contribution in [-0.2, 0) is 12.8 Å². The summed E-state index contributed by atoms with van der Waals surface area (Å²) in [7, 11) is 0. The van der Waals surface area contributed by atoms with Gasteiger partial charge in [0.05, 0.1) is 5.69 Å². The summed E-state index contributed by atoms with van der Waals surface area (Å²) in [6.07, 6.45) is 4.38. The van der Waals surface area contributed by atoms with E-state index in [1.807, 2.05) is 0 Å². The summed E-state index contributed by atoms with van der Waals surface area (Å²) in [6.45, 7) is 0. The van der Waals surface area contributed by atoms with E-state index < -0.39 is 5.82 Å². The molecule has 0 aliphatic heterocycles. The van der Waals surface area contributed by atoms with Crippen molar-refractivity contribution in [3.8, 4) is 0 Å². The van der Waals surface area contributed by atoms with Gasteiger partial charge in [0.15, 0.2) is 5.13 Å². The smallest absolute Gasteiger partial charge is 0.257 e. The highest BCUT2D eigenvalue weighted by molar-refractivity contribution is 7.15. The molecule has 1 aromatic heterocycles. The summed E-state index contributed by atoms with van der Waals surface area (Å²) >= 11 is 1.53. The zero-order valence-corrected chi connectivity index (χ0v) is 11.1.